The molecule has 18 heavy (non-hydrogen) atoms. The molecule has 3 rings (SSSR count). The number of rotatable bonds is 4. The number of hydrogen-bond acceptors (Lipinski definition) is 4. The lowest BCUT2D eigenvalue weighted by molar-refractivity contribution is 0.671. The van der Waals surface area contributed by atoms with Crippen molar-refractivity contribution >= 4 is 17.7 Å². The molecule has 5 heteroatoms. The minimum absolute atomic E-state index is 0.528. The summed E-state index contributed by atoms with van der Waals surface area (Å²) in [5.41, 5.74) is 8.45. The Morgan fingerprint density at radius 2 is 2.22 bits per heavy atom. The van der Waals surface area contributed by atoms with E-state index in [1.165, 1.54) is 24.0 Å². The molecule has 0 bridgehead atoms. The number of nitrogens with zero attached hydrogens (tertiary/aromatic N) is 3. The third-order valence-corrected chi connectivity index (χ3v) is 4.07. The molecule has 0 radical (unpaired) electrons. The van der Waals surface area contributed by atoms with E-state index in [1.807, 2.05) is 0 Å². The number of anilines is 1. The molecule has 1 aromatic heterocycles. The van der Waals surface area contributed by atoms with Crippen molar-refractivity contribution in [3.8, 4) is 0 Å². The Balaban J connectivity index is 1.73. The zero-order chi connectivity index (χ0) is 12.5. The summed E-state index contributed by atoms with van der Waals surface area (Å²) in [5, 5.41) is 9.08. The highest BCUT2D eigenvalue weighted by atomic mass is 32.2. The van der Waals surface area contributed by atoms with E-state index in [0.29, 0.717) is 12.0 Å². The first-order valence-electron chi connectivity index (χ1n) is 6.13. The molecule has 1 heterocycles. The summed E-state index contributed by atoms with van der Waals surface area (Å²) in [4.78, 5) is 0. The molecule has 0 amide bonds. The third-order valence-electron chi connectivity index (χ3n) is 3.05. The monoisotopic (exact) mass is 260 g/mol. The van der Waals surface area contributed by atoms with E-state index >= 15 is 0 Å². The van der Waals surface area contributed by atoms with E-state index in [2.05, 4.69) is 46.0 Å². The highest BCUT2D eigenvalue weighted by Crippen LogP contribution is 2.39. The minimum atomic E-state index is 0.528. The molecule has 0 spiro atoms. The molecular formula is C13H16N4S. The largest absolute Gasteiger partial charge is 0.368 e. The van der Waals surface area contributed by atoms with Crippen molar-refractivity contribution < 1.29 is 0 Å². The quantitative estimate of drug-likeness (QED) is 0.859. The van der Waals surface area contributed by atoms with Gasteiger partial charge in [0.1, 0.15) is 0 Å². The topological polar surface area (TPSA) is 56.7 Å². The number of thioether (sulfide) groups is 1. The average Bonchev–Trinajstić information content (AvgIpc) is 3.11. The van der Waals surface area contributed by atoms with Crippen molar-refractivity contribution in [2.75, 3.05) is 5.73 Å². The van der Waals surface area contributed by atoms with E-state index in [9.17, 15) is 0 Å². The van der Waals surface area contributed by atoms with Crippen molar-refractivity contribution in [1.82, 2.24) is 14.8 Å². The number of nitrogen functional groups attached to an aromatic ring is 1. The average molecular weight is 260 g/mol. The van der Waals surface area contributed by atoms with Crippen LogP contribution in [0.15, 0.2) is 29.4 Å². The number of aromatic nitrogens is 3. The minimum Gasteiger partial charge on any atom is -0.368 e. The highest BCUT2D eigenvalue weighted by Gasteiger charge is 2.28. The Morgan fingerprint density at radius 1 is 1.39 bits per heavy atom. The van der Waals surface area contributed by atoms with Gasteiger partial charge in [0.2, 0.25) is 5.95 Å². The smallest absolute Gasteiger partial charge is 0.222 e. The van der Waals surface area contributed by atoms with Gasteiger partial charge < -0.3 is 5.73 Å². The van der Waals surface area contributed by atoms with Crippen LogP contribution in [0.2, 0.25) is 0 Å². The lowest BCUT2D eigenvalue weighted by atomic mass is 10.2. The van der Waals surface area contributed by atoms with Gasteiger partial charge in [0.25, 0.3) is 0 Å². The van der Waals surface area contributed by atoms with Gasteiger partial charge in [-0.2, -0.15) is 0 Å². The van der Waals surface area contributed by atoms with Crippen LogP contribution in [0.3, 0.4) is 0 Å². The fourth-order valence-electron chi connectivity index (χ4n) is 2.01. The maximum absolute atomic E-state index is 5.85. The molecule has 0 atom stereocenters. The van der Waals surface area contributed by atoms with Gasteiger partial charge in [0.05, 0.1) is 0 Å². The Bertz CT molecular complexity index is 560. The summed E-state index contributed by atoms with van der Waals surface area (Å²) >= 11 is 1.71. The van der Waals surface area contributed by atoms with Crippen LogP contribution in [0.5, 0.6) is 0 Å². The Morgan fingerprint density at radius 3 is 2.94 bits per heavy atom. The summed E-state index contributed by atoms with van der Waals surface area (Å²) in [7, 11) is 0. The molecule has 2 N–H and O–H groups in total. The highest BCUT2D eigenvalue weighted by molar-refractivity contribution is 7.98. The van der Waals surface area contributed by atoms with Crippen LogP contribution in [-0.2, 0) is 5.75 Å². The van der Waals surface area contributed by atoms with Crippen LogP contribution in [0.4, 0.5) is 5.95 Å². The van der Waals surface area contributed by atoms with Crippen LogP contribution in [-0.4, -0.2) is 14.8 Å². The van der Waals surface area contributed by atoms with E-state index in [0.717, 1.165) is 10.9 Å². The van der Waals surface area contributed by atoms with Crippen molar-refractivity contribution in [3.63, 3.8) is 0 Å². The van der Waals surface area contributed by atoms with Gasteiger partial charge in [0.15, 0.2) is 5.16 Å². The van der Waals surface area contributed by atoms with Gasteiger partial charge in [-0.15, -0.1) is 10.2 Å². The predicted molar refractivity (Wildman–Crippen MR) is 73.4 cm³/mol. The molecule has 94 valence electrons. The maximum Gasteiger partial charge on any atom is 0.222 e. The molecule has 1 fully saturated rings. The second kappa shape index (κ2) is 4.65. The summed E-state index contributed by atoms with van der Waals surface area (Å²) < 4.78 is 2.07. The fourth-order valence-corrected chi connectivity index (χ4v) is 2.97. The Hall–Kier alpha value is -1.49. The van der Waals surface area contributed by atoms with E-state index in [4.69, 9.17) is 5.73 Å². The lowest BCUT2D eigenvalue weighted by Gasteiger charge is -2.06. The predicted octanol–water partition coefficient (Wildman–Crippen LogP) is 2.80. The van der Waals surface area contributed by atoms with Crippen LogP contribution >= 0.6 is 11.8 Å². The van der Waals surface area contributed by atoms with Crippen LogP contribution < -0.4 is 5.73 Å². The summed E-state index contributed by atoms with van der Waals surface area (Å²) in [6.07, 6.45) is 2.39. The Labute approximate surface area is 111 Å². The molecule has 0 aliphatic heterocycles. The summed E-state index contributed by atoms with van der Waals surface area (Å²) in [6, 6.07) is 9.07. The lowest BCUT2D eigenvalue weighted by Crippen LogP contribution is -2.02. The number of aryl methyl sites for hydroxylation is 1. The first-order chi connectivity index (χ1) is 8.74. The number of benzene rings is 1. The van der Waals surface area contributed by atoms with Gasteiger partial charge in [-0.05, 0) is 25.3 Å². The van der Waals surface area contributed by atoms with Crippen LogP contribution in [0.25, 0.3) is 0 Å². The normalized spacial score (nSPS) is 14.9. The SMILES string of the molecule is Cc1cccc(CSc2nnc(N)n2C2CC2)c1. The first-order valence-corrected chi connectivity index (χ1v) is 7.11. The van der Waals surface area contributed by atoms with Gasteiger partial charge >= 0.3 is 0 Å². The molecule has 2 aromatic rings. The second-order valence-corrected chi connectivity index (χ2v) is 5.66. The second-order valence-electron chi connectivity index (χ2n) is 4.72. The molecule has 1 aliphatic carbocycles. The standard InChI is InChI=1S/C13H16N4S/c1-9-3-2-4-10(7-9)8-18-13-16-15-12(14)17(13)11-5-6-11/h2-4,7,11H,5-6,8H2,1H3,(H2,14,15). The van der Waals surface area contributed by atoms with E-state index < -0.39 is 0 Å². The molecule has 1 saturated carbocycles. The van der Waals surface area contributed by atoms with Crippen LogP contribution in [0.1, 0.15) is 30.0 Å². The van der Waals surface area contributed by atoms with Gasteiger partial charge in [-0.25, -0.2) is 0 Å². The van der Waals surface area contributed by atoms with E-state index in [1.54, 1.807) is 11.8 Å². The molecule has 0 unspecified atom stereocenters. The van der Waals surface area contributed by atoms with Crippen molar-refractivity contribution in [2.24, 2.45) is 0 Å². The molecule has 1 aliphatic rings. The van der Waals surface area contributed by atoms with Crippen molar-refractivity contribution in [3.05, 3.63) is 35.4 Å². The maximum atomic E-state index is 5.85. The van der Waals surface area contributed by atoms with E-state index in [-0.39, 0.29) is 0 Å². The number of nitrogens with two attached hydrogens (primary N) is 1. The third kappa shape index (κ3) is 2.36. The first kappa shape index (κ1) is 11.6. The summed E-state index contributed by atoms with van der Waals surface area (Å²) in [5.74, 6) is 1.45. The number of hydrogen-bond donors (Lipinski definition) is 1. The molecular weight excluding hydrogens is 244 g/mol. The van der Waals surface area contributed by atoms with Gasteiger partial charge in [-0.3, -0.25) is 4.57 Å². The van der Waals surface area contributed by atoms with Crippen LogP contribution in [0, 0.1) is 6.92 Å². The van der Waals surface area contributed by atoms with Crippen molar-refractivity contribution in [1.29, 1.82) is 0 Å². The fraction of sp³-hybridized carbons (Fsp3) is 0.385. The molecule has 1 aromatic carbocycles. The zero-order valence-corrected chi connectivity index (χ0v) is 11.2. The van der Waals surface area contributed by atoms with Gasteiger partial charge in [0, 0.05) is 11.8 Å². The van der Waals surface area contributed by atoms with Gasteiger partial charge in [-0.1, -0.05) is 41.6 Å². The zero-order valence-electron chi connectivity index (χ0n) is 10.3. The Kier molecular flexibility index (Phi) is 2.99. The molecule has 0 saturated heterocycles. The molecule has 4 nitrogen and oxygen atoms in total. The van der Waals surface area contributed by atoms with Crippen molar-refractivity contribution in [2.45, 2.75) is 36.7 Å². The summed E-state index contributed by atoms with van der Waals surface area (Å²) in [6.45, 7) is 2.11.